The van der Waals surface area contributed by atoms with Gasteiger partial charge in [-0.1, -0.05) is 19.9 Å². The lowest BCUT2D eigenvalue weighted by molar-refractivity contribution is 0.769. The van der Waals surface area contributed by atoms with E-state index in [9.17, 15) is 0 Å². The number of benzene rings is 1. The lowest BCUT2D eigenvalue weighted by Crippen LogP contribution is -2.01. The summed E-state index contributed by atoms with van der Waals surface area (Å²) in [7, 11) is 0. The van der Waals surface area contributed by atoms with Gasteiger partial charge in [0, 0.05) is 6.20 Å². The monoisotopic (exact) mass is 215 g/mol. The third-order valence-electron chi connectivity index (χ3n) is 2.63. The summed E-state index contributed by atoms with van der Waals surface area (Å²) in [6.45, 7) is 6.31. The van der Waals surface area contributed by atoms with Crippen LogP contribution in [0.5, 0.6) is 0 Å². The molecule has 2 aromatic rings. The van der Waals surface area contributed by atoms with E-state index in [2.05, 4.69) is 25.9 Å². The topological polar surface area (TPSA) is 43.8 Å². The predicted molar refractivity (Wildman–Crippen MR) is 66.8 cm³/mol. The molecule has 2 N–H and O–H groups in total. The maximum absolute atomic E-state index is 5.95. The molecule has 0 aliphatic heterocycles. The number of rotatable bonds is 2. The van der Waals surface area contributed by atoms with Crippen molar-refractivity contribution < 1.29 is 0 Å². The molecule has 0 aliphatic carbocycles. The van der Waals surface area contributed by atoms with E-state index in [4.69, 9.17) is 5.73 Å². The van der Waals surface area contributed by atoms with E-state index in [1.807, 2.05) is 35.1 Å². The highest BCUT2D eigenvalue weighted by molar-refractivity contribution is 5.58. The predicted octanol–water partition coefficient (Wildman–Crippen LogP) is 2.89. The van der Waals surface area contributed by atoms with E-state index in [-0.39, 0.29) is 0 Å². The summed E-state index contributed by atoms with van der Waals surface area (Å²) in [6, 6.07) is 8.01. The van der Waals surface area contributed by atoms with Crippen molar-refractivity contribution in [1.82, 2.24) is 9.78 Å². The van der Waals surface area contributed by atoms with Crippen molar-refractivity contribution in [3.63, 3.8) is 0 Å². The second-order valence-electron chi connectivity index (χ2n) is 4.40. The van der Waals surface area contributed by atoms with Gasteiger partial charge in [-0.05, 0) is 36.6 Å². The first-order valence-electron chi connectivity index (χ1n) is 5.50. The fourth-order valence-corrected chi connectivity index (χ4v) is 1.63. The Labute approximate surface area is 95.9 Å². The van der Waals surface area contributed by atoms with Gasteiger partial charge in [-0.3, -0.25) is 0 Å². The number of aryl methyl sites for hydroxylation is 1. The maximum Gasteiger partial charge on any atom is 0.0877 e. The van der Waals surface area contributed by atoms with Crippen LogP contribution >= 0.6 is 0 Å². The molecule has 1 aromatic heterocycles. The van der Waals surface area contributed by atoms with Crippen molar-refractivity contribution in [3.8, 4) is 5.69 Å². The number of anilines is 1. The first-order chi connectivity index (χ1) is 7.58. The molecule has 84 valence electrons. The number of hydrogen-bond acceptors (Lipinski definition) is 2. The number of nitrogen functional groups attached to an aromatic ring is 1. The molecule has 3 nitrogen and oxygen atoms in total. The molecule has 2 rings (SSSR count). The average molecular weight is 215 g/mol. The molecular weight excluding hydrogens is 198 g/mol. The summed E-state index contributed by atoms with van der Waals surface area (Å²) in [5, 5.41) is 4.52. The Kier molecular flexibility index (Phi) is 2.69. The molecule has 0 spiro atoms. The normalized spacial score (nSPS) is 11.0. The van der Waals surface area contributed by atoms with Crippen LogP contribution in [0, 0.1) is 6.92 Å². The van der Waals surface area contributed by atoms with Gasteiger partial charge in [0.25, 0.3) is 0 Å². The van der Waals surface area contributed by atoms with Crippen molar-refractivity contribution in [2.75, 3.05) is 5.73 Å². The molecule has 0 saturated heterocycles. The zero-order valence-corrected chi connectivity index (χ0v) is 9.94. The summed E-state index contributed by atoms with van der Waals surface area (Å²) >= 11 is 0. The standard InChI is InChI=1S/C13H17N3/c1-9(2)12-6-7-16(15-12)13-8-10(3)4-5-11(13)14/h4-9H,14H2,1-3H3. The molecule has 0 unspecified atom stereocenters. The summed E-state index contributed by atoms with van der Waals surface area (Å²) in [5.41, 5.74) is 9.92. The first-order valence-corrected chi connectivity index (χ1v) is 5.50. The number of nitrogens with two attached hydrogens (primary N) is 1. The van der Waals surface area contributed by atoms with Gasteiger partial charge in [0.2, 0.25) is 0 Å². The molecule has 0 saturated carbocycles. The Balaban J connectivity index is 2.46. The Bertz CT molecular complexity index is 498. The van der Waals surface area contributed by atoms with Crippen LogP contribution in [-0.4, -0.2) is 9.78 Å². The molecule has 1 aromatic carbocycles. The molecule has 0 radical (unpaired) electrons. The Morgan fingerprint density at radius 2 is 2.00 bits per heavy atom. The zero-order chi connectivity index (χ0) is 11.7. The van der Waals surface area contributed by atoms with Gasteiger partial charge in [-0.2, -0.15) is 5.10 Å². The van der Waals surface area contributed by atoms with Gasteiger partial charge in [0.15, 0.2) is 0 Å². The summed E-state index contributed by atoms with van der Waals surface area (Å²) in [4.78, 5) is 0. The van der Waals surface area contributed by atoms with Gasteiger partial charge < -0.3 is 5.73 Å². The largest absolute Gasteiger partial charge is 0.397 e. The van der Waals surface area contributed by atoms with Crippen LogP contribution in [0.25, 0.3) is 5.69 Å². The minimum Gasteiger partial charge on any atom is -0.397 e. The third-order valence-corrected chi connectivity index (χ3v) is 2.63. The van der Waals surface area contributed by atoms with E-state index < -0.39 is 0 Å². The fraction of sp³-hybridized carbons (Fsp3) is 0.308. The van der Waals surface area contributed by atoms with Crippen LogP contribution in [0.3, 0.4) is 0 Å². The molecule has 3 heteroatoms. The van der Waals surface area contributed by atoms with Crippen molar-refractivity contribution >= 4 is 5.69 Å². The highest BCUT2D eigenvalue weighted by Gasteiger charge is 2.07. The highest BCUT2D eigenvalue weighted by Crippen LogP contribution is 2.20. The molecule has 0 atom stereocenters. The minimum atomic E-state index is 0.437. The second kappa shape index (κ2) is 4.00. The van der Waals surface area contributed by atoms with E-state index in [0.29, 0.717) is 5.92 Å². The van der Waals surface area contributed by atoms with Gasteiger partial charge in [-0.25, -0.2) is 4.68 Å². The SMILES string of the molecule is Cc1ccc(N)c(-n2ccc(C(C)C)n2)c1. The number of aromatic nitrogens is 2. The van der Waals surface area contributed by atoms with Gasteiger partial charge in [0.1, 0.15) is 0 Å². The van der Waals surface area contributed by atoms with Gasteiger partial charge in [-0.15, -0.1) is 0 Å². The maximum atomic E-state index is 5.95. The molecule has 0 bridgehead atoms. The molecule has 0 aliphatic rings. The average Bonchev–Trinajstić information content (AvgIpc) is 2.70. The fourth-order valence-electron chi connectivity index (χ4n) is 1.63. The van der Waals surface area contributed by atoms with Gasteiger partial charge >= 0.3 is 0 Å². The molecule has 0 amide bonds. The Morgan fingerprint density at radius 1 is 1.25 bits per heavy atom. The Hall–Kier alpha value is -1.77. The lowest BCUT2D eigenvalue weighted by Gasteiger charge is -2.07. The van der Waals surface area contributed by atoms with Crippen LogP contribution < -0.4 is 5.73 Å². The summed E-state index contributed by atoms with van der Waals surface area (Å²) < 4.78 is 1.84. The van der Waals surface area contributed by atoms with Crippen molar-refractivity contribution in [1.29, 1.82) is 0 Å². The van der Waals surface area contributed by atoms with Crippen molar-refractivity contribution in [2.24, 2.45) is 0 Å². The molecular formula is C13H17N3. The van der Waals surface area contributed by atoms with Crippen molar-refractivity contribution in [2.45, 2.75) is 26.7 Å². The lowest BCUT2D eigenvalue weighted by atomic mass is 10.1. The smallest absolute Gasteiger partial charge is 0.0877 e. The van der Waals surface area contributed by atoms with Crippen LogP contribution in [0.15, 0.2) is 30.5 Å². The van der Waals surface area contributed by atoms with Crippen LogP contribution in [0.1, 0.15) is 31.0 Å². The van der Waals surface area contributed by atoms with Crippen molar-refractivity contribution in [3.05, 3.63) is 41.7 Å². The summed E-state index contributed by atoms with van der Waals surface area (Å²) in [6.07, 6.45) is 1.96. The number of nitrogens with zero attached hydrogens (tertiary/aromatic N) is 2. The molecule has 1 heterocycles. The first kappa shape index (κ1) is 10.7. The van der Waals surface area contributed by atoms with E-state index in [1.54, 1.807) is 0 Å². The van der Waals surface area contributed by atoms with E-state index >= 15 is 0 Å². The Morgan fingerprint density at radius 3 is 2.62 bits per heavy atom. The highest BCUT2D eigenvalue weighted by atomic mass is 15.3. The number of hydrogen-bond donors (Lipinski definition) is 1. The summed E-state index contributed by atoms with van der Waals surface area (Å²) in [5.74, 6) is 0.437. The zero-order valence-electron chi connectivity index (χ0n) is 9.94. The van der Waals surface area contributed by atoms with E-state index in [0.717, 1.165) is 17.1 Å². The van der Waals surface area contributed by atoms with Crippen LogP contribution in [0.2, 0.25) is 0 Å². The molecule has 16 heavy (non-hydrogen) atoms. The second-order valence-corrected chi connectivity index (χ2v) is 4.40. The molecule has 0 fully saturated rings. The van der Waals surface area contributed by atoms with Gasteiger partial charge in [0.05, 0.1) is 17.1 Å². The van der Waals surface area contributed by atoms with Crippen LogP contribution in [-0.2, 0) is 0 Å². The third kappa shape index (κ3) is 1.94. The van der Waals surface area contributed by atoms with Crippen LogP contribution in [0.4, 0.5) is 5.69 Å². The quantitative estimate of drug-likeness (QED) is 0.783. The van der Waals surface area contributed by atoms with E-state index in [1.165, 1.54) is 5.56 Å². The minimum absolute atomic E-state index is 0.437.